The van der Waals surface area contributed by atoms with Crippen molar-refractivity contribution in [2.24, 2.45) is 0 Å². The van der Waals surface area contributed by atoms with Crippen LogP contribution >= 0.6 is 11.8 Å². The lowest BCUT2D eigenvalue weighted by Crippen LogP contribution is -2.51. The minimum Gasteiger partial charge on any atom is -0.325 e. The minimum absolute atomic E-state index is 0.0774. The zero-order valence-corrected chi connectivity index (χ0v) is 17.1. The number of hydrogen-bond donors (Lipinski definition) is 1. The maximum Gasteiger partial charge on any atom is 0.282 e. The smallest absolute Gasteiger partial charge is 0.282 e. The highest BCUT2D eigenvalue weighted by Crippen LogP contribution is 2.21. The predicted molar refractivity (Wildman–Crippen MR) is 109 cm³/mol. The first kappa shape index (κ1) is 20.8. The van der Waals surface area contributed by atoms with Crippen molar-refractivity contribution in [2.45, 2.75) is 17.9 Å². The molecule has 2 aromatic rings. The lowest BCUT2D eigenvalue weighted by molar-refractivity contribution is -0.116. The van der Waals surface area contributed by atoms with Gasteiger partial charge in [0.1, 0.15) is 5.82 Å². The van der Waals surface area contributed by atoms with Crippen molar-refractivity contribution in [1.82, 2.24) is 8.61 Å². The van der Waals surface area contributed by atoms with E-state index in [0.29, 0.717) is 24.2 Å². The first-order valence-corrected chi connectivity index (χ1v) is 11.4. The summed E-state index contributed by atoms with van der Waals surface area (Å²) in [6, 6.07) is 13.2. The van der Waals surface area contributed by atoms with E-state index in [4.69, 9.17) is 0 Å². The standard InChI is InChI=1S/C19H22FN3O3S2/c1-27-18-8-3-7-17(12-18)21-19(24)14-23-10-4-9-22(28(23,25)26)13-15-5-2-6-16(20)11-15/h2-3,5-8,11-12H,4,9-10,13-14H2,1H3,(H,21,24). The van der Waals surface area contributed by atoms with Crippen molar-refractivity contribution < 1.29 is 17.6 Å². The Morgan fingerprint density at radius 2 is 1.89 bits per heavy atom. The summed E-state index contributed by atoms with van der Waals surface area (Å²) in [4.78, 5) is 13.4. The first-order valence-electron chi connectivity index (χ1n) is 8.82. The average Bonchev–Trinajstić information content (AvgIpc) is 2.65. The van der Waals surface area contributed by atoms with Gasteiger partial charge in [0.05, 0.1) is 6.54 Å². The van der Waals surface area contributed by atoms with E-state index in [0.717, 1.165) is 4.90 Å². The summed E-state index contributed by atoms with van der Waals surface area (Å²) < 4.78 is 41.6. The summed E-state index contributed by atoms with van der Waals surface area (Å²) in [6.45, 7) is 0.437. The van der Waals surface area contributed by atoms with Gasteiger partial charge in [-0.3, -0.25) is 4.79 Å². The molecule has 3 rings (SSSR count). The van der Waals surface area contributed by atoms with Crippen molar-refractivity contribution >= 4 is 33.6 Å². The Morgan fingerprint density at radius 1 is 1.14 bits per heavy atom. The van der Waals surface area contributed by atoms with Crippen LogP contribution in [0, 0.1) is 5.82 Å². The van der Waals surface area contributed by atoms with E-state index in [-0.39, 0.29) is 19.6 Å². The highest BCUT2D eigenvalue weighted by atomic mass is 32.2. The Hall–Kier alpha value is -1.94. The van der Waals surface area contributed by atoms with Gasteiger partial charge in [-0.2, -0.15) is 17.0 Å². The molecule has 28 heavy (non-hydrogen) atoms. The second-order valence-electron chi connectivity index (χ2n) is 6.44. The molecule has 1 fully saturated rings. The summed E-state index contributed by atoms with van der Waals surface area (Å²) in [5.41, 5.74) is 1.20. The van der Waals surface area contributed by atoms with Gasteiger partial charge in [0.2, 0.25) is 5.91 Å². The number of anilines is 1. The molecule has 0 aliphatic carbocycles. The van der Waals surface area contributed by atoms with Crippen LogP contribution in [0.4, 0.5) is 10.1 Å². The summed E-state index contributed by atoms with van der Waals surface area (Å²) >= 11 is 1.56. The van der Waals surface area contributed by atoms with E-state index in [1.54, 1.807) is 30.0 Å². The third-order valence-electron chi connectivity index (χ3n) is 4.39. The molecule has 6 nitrogen and oxygen atoms in total. The molecule has 2 aromatic carbocycles. The molecule has 1 N–H and O–H groups in total. The van der Waals surface area contributed by atoms with Crippen molar-refractivity contribution in [3.05, 3.63) is 59.9 Å². The molecular weight excluding hydrogens is 401 g/mol. The Balaban J connectivity index is 1.66. The van der Waals surface area contributed by atoms with Crippen LogP contribution in [0.5, 0.6) is 0 Å². The van der Waals surface area contributed by atoms with Crippen LogP contribution in [0.3, 0.4) is 0 Å². The van der Waals surface area contributed by atoms with Crippen LogP contribution in [0.2, 0.25) is 0 Å². The van der Waals surface area contributed by atoms with Gasteiger partial charge in [-0.15, -0.1) is 11.8 Å². The maximum absolute atomic E-state index is 13.4. The van der Waals surface area contributed by atoms with Crippen molar-refractivity contribution in [1.29, 1.82) is 0 Å². The normalized spacial score (nSPS) is 17.4. The second-order valence-corrected chi connectivity index (χ2v) is 9.25. The predicted octanol–water partition coefficient (Wildman–Crippen LogP) is 2.94. The van der Waals surface area contributed by atoms with Gasteiger partial charge < -0.3 is 5.32 Å². The van der Waals surface area contributed by atoms with Crippen molar-refractivity contribution in [3.8, 4) is 0 Å². The molecule has 0 saturated carbocycles. The fraction of sp³-hybridized carbons (Fsp3) is 0.316. The lowest BCUT2D eigenvalue weighted by Gasteiger charge is -2.34. The number of thioether (sulfide) groups is 1. The van der Waals surface area contributed by atoms with E-state index in [1.165, 1.54) is 20.7 Å². The molecular formula is C19H22FN3O3S2. The van der Waals surface area contributed by atoms with Crippen LogP contribution in [0.1, 0.15) is 12.0 Å². The number of benzene rings is 2. The zero-order chi connectivity index (χ0) is 20.1. The van der Waals surface area contributed by atoms with Crippen LogP contribution < -0.4 is 5.32 Å². The van der Waals surface area contributed by atoms with E-state index in [1.807, 2.05) is 24.5 Å². The summed E-state index contributed by atoms with van der Waals surface area (Å²) in [7, 11) is -3.80. The van der Waals surface area contributed by atoms with Crippen LogP contribution in [0.25, 0.3) is 0 Å². The van der Waals surface area contributed by atoms with E-state index >= 15 is 0 Å². The SMILES string of the molecule is CSc1cccc(NC(=O)CN2CCCN(Cc3cccc(F)c3)S2(=O)=O)c1. The molecule has 1 heterocycles. The lowest BCUT2D eigenvalue weighted by atomic mass is 10.2. The van der Waals surface area contributed by atoms with Crippen LogP contribution in [0.15, 0.2) is 53.4 Å². The topological polar surface area (TPSA) is 69.7 Å². The quantitative estimate of drug-likeness (QED) is 0.726. The number of carbonyl (C=O) groups is 1. The first-order chi connectivity index (χ1) is 13.4. The van der Waals surface area contributed by atoms with E-state index in [9.17, 15) is 17.6 Å². The Kier molecular flexibility index (Phi) is 6.71. The molecule has 0 spiro atoms. The highest BCUT2D eigenvalue weighted by Gasteiger charge is 2.34. The molecule has 0 radical (unpaired) electrons. The Labute approximate surface area is 168 Å². The monoisotopic (exact) mass is 423 g/mol. The molecule has 0 aromatic heterocycles. The molecule has 0 bridgehead atoms. The number of nitrogens with zero attached hydrogens (tertiary/aromatic N) is 2. The average molecular weight is 424 g/mol. The number of halogens is 1. The maximum atomic E-state index is 13.4. The molecule has 150 valence electrons. The summed E-state index contributed by atoms with van der Waals surface area (Å²) in [5, 5.41) is 2.75. The van der Waals surface area contributed by atoms with Gasteiger partial charge in [0, 0.05) is 30.2 Å². The van der Waals surface area contributed by atoms with Gasteiger partial charge in [-0.25, -0.2) is 4.39 Å². The van der Waals surface area contributed by atoms with Crippen molar-refractivity contribution in [3.63, 3.8) is 0 Å². The number of amides is 1. The molecule has 1 amide bonds. The van der Waals surface area contributed by atoms with Gasteiger partial charge in [0.25, 0.3) is 10.2 Å². The molecule has 1 aliphatic rings. The van der Waals surface area contributed by atoms with Crippen LogP contribution in [-0.4, -0.2) is 48.8 Å². The van der Waals surface area contributed by atoms with Crippen molar-refractivity contribution in [2.75, 3.05) is 31.2 Å². The fourth-order valence-corrected chi connectivity index (χ4v) is 5.14. The van der Waals surface area contributed by atoms with Gasteiger partial charge >= 0.3 is 0 Å². The third kappa shape index (κ3) is 5.11. The van der Waals surface area contributed by atoms with E-state index in [2.05, 4.69) is 5.32 Å². The van der Waals surface area contributed by atoms with Gasteiger partial charge in [0.15, 0.2) is 0 Å². The van der Waals surface area contributed by atoms with Crippen LogP contribution in [-0.2, 0) is 21.5 Å². The van der Waals surface area contributed by atoms with E-state index < -0.39 is 21.9 Å². The molecule has 1 saturated heterocycles. The number of nitrogens with one attached hydrogen (secondary N) is 1. The van der Waals surface area contributed by atoms with Gasteiger partial charge in [-0.1, -0.05) is 18.2 Å². The van der Waals surface area contributed by atoms with Gasteiger partial charge in [-0.05, 0) is 48.6 Å². The second kappa shape index (κ2) is 9.04. The summed E-state index contributed by atoms with van der Waals surface area (Å²) in [5.74, 6) is -0.801. The number of carbonyl (C=O) groups excluding carboxylic acids is 1. The third-order valence-corrected chi connectivity index (χ3v) is 7.04. The molecule has 0 unspecified atom stereocenters. The largest absolute Gasteiger partial charge is 0.325 e. The Bertz CT molecular complexity index is 953. The molecule has 0 atom stereocenters. The Morgan fingerprint density at radius 3 is 2.64 bits per heavy atom. The number of rotatable bonds is 6. The zero-order valence-electron chi connectivity index (χ0n) is 15.5. The number of hydrogen-bond acceptors (Lipinski definition) is 4. The molecule has 9 heteroatoms. The molecule has 1 aliphatic heterocycles. The minimum atomic E-state index is -3.80. The summed E-state index contributed by atoms with van der Waals surface area (Å²) in [6.07, 6.45) is 2.54. The fourth-order valence-electron chi connectivity index (χ4n) is 3.04. The highest BCUT2D eigenvalue weighted by molar-refractivity contribution is 7.98.